The summed E-state index contributed by atoms with van der Waals surface area (Å²) in [4.78, 5) is 10.6. The number of quaternary nitrogens is 2. The molecule has 4 heteroatoms. The van der Waals surface area contributed by atoms with Crippen LogP contribution in [0, 0.1) is 33.5 Å². The van der Waals surface area contributed by atoms with Crippen LogP contribution in [0.1, 0.15) is 127 Å². The summed E-state index contributed by atoms with van der Waals surface area (Å²) in [5.74, 6) is 1.72. The van der Waals surface area contributed by atoms with Gasteiger partial charge in [-0.05, 0) is 108 Å². The summed E-state index contributed by atoms with van der Waals surface area (Å²) in [6, 6.07) is 0. The Labute approximate surface area is 256 Å². The van der Waals surface area contributed by atoms with Crippen LogP contribution in [0.4, 0.5) is 0 Å². The van der Waals surface area contributed by atoms with Crippen LogP contribution < -0.4 is 0 Å². The van der Waals surface area contributed by atoms with Gasteiger partial charge in [0.15, 0.2) is 0 Å². The molecule has 0 aromatic heterocycles. The molecule has 0 aromatic rings. The van der Waals surface area contributed by atoms with E-state index in [1.54, 1.807) is 11.4 Å². The standard InChI is InChI=1S/C37H70N4/c1-11-40(12-2,26-22-38-32-28-30-18-20-36(32,9)34(30,5)6)24-16-15-17-25-41(13-3,14-4)27-23-39-33-29-31-19-21-37(33,10)35(31,7)8/h30-31H,11-29H2,1-10H3/q+2/t30-,31-,36+,37+/m1/s1. The minimum Gasteiger partial charge on any atom is -0.323 e. The van der Waals surface area contributed by atoms with Gasteiger partial charge in [0.05, 0.1) is 65.4 Å². The lowest BCUT2D eigenvalue weighted by Gasteiger charge is -2.38. The maximum Gasteiger partial charge on any atom is 0.0985 e. The van der Waals surface area contributed by atoms with Crippen molar-refractivity contribution in [1.82, 2.24) is 0 Å². The smallest absolute Gasteiger partial charge is 0.0985 e. The average molecular weight is 571 g/mol. The van der Waals surface area contributed by atoms with Crippen molar-refractivity contribution in [2.24, 2.45) is 43.5 Å². The molecular weight excluding hydrogens is 500 g/mol. The molecule has 0 saturated heterocycles. The maximum absolute atomic E-state index is 5.32. The van der Waals surface area contributed by atoms with Crippen molar-refractivity contribution in [2.75, 3.05) is 65.4 Å². The lowest BCUT2D eigenvalue weighted by Crippen LogP contribution is -2.51. The first-order valence-electron chi connectivity index (χ1n) is 18.1. The number of rotatable bonds is 16. The average Bonchev–Trinajstić information content (AvgIpc) is 3.47. The predicted octanol–water partition coefficient (Wildman–Crippen LogP) is 8.44. The number of unbranched alkanes of at least 4 members (excludes halogenated alkanes) is 2. The summed E-state index contributed by atoms with van der Waals surface area (Å²) in [6.07, 6.45) is 12.1. The van der Waals surface area contributed by atoms with E-state index in [1.165, 1.54) is 119 Å². The molecule has 4 fully saturated rings. The zero-order chi connectivity index (χ0) is 30.2. The highest BCUT2D eigenvalue weighted by atomic mass is 15.4. The fourth-order valence-electron chi connectivity index (χ4n) is 10.1. The summed E-state index contributed by atoms with van der Waals surface area (Å²) in [6.45, 7) is 36.8. The highest BCUT2D eigenvalue weighted by molar-refractivity contribution is 5.94. The van der Waals surface area contributed by atoms with Gasteiger partial charge < -0.3 is 8.97 Å². The van der Waals surface area contributed by atoms with E-state index in [2.05, 4.69) is 69.2 Å². The largest absolute Gasteiger partial charge is 0.323 e. The van der Waals surface area contributed by atoms with Crippen LogP contribution in [0.25, 0.3) is 0 Å². The highest BCUT2D eigenvalue weighted by Crippen LogP contribution is 2.65. The molecule has 4 aliphatic rings. The van der Waals surface area contributed by atoms with Crippen molar-refractivity contribution in [3.05, 3.63) is 0 Å². The van der Waals surface area contributed by atoms with E-state index in [0.29, 0.717) is 21.7 Å². The topological polar surface area (TPSA) is 24.7 Å². The quantitative estimate of drug-likeness (QED) is 0.131. The highest BCUT2D eigenvalue weighted by Gasteiger charge is 2.60. The third-order valence-corrected chi connectivity index (χ3v) is 15.2. The molecule has 0 spiro atoms. The Hall–Kier alpha value is -0.740. The number of hydrogen-bond donors (Lipinski definition) is 0. The van der Waals surface area contributed by atoms with Crippen molar-refractivity contribution in [3.63, 3.8) is 0 Å². The van der Waals surface area contributed by atoms with E-state index < -0.39 is 0 Å². The van der Waals surface area contributed by atoms with E-state index in [4.69, 9.17) is 9.98 Å². The normalized spacial score (nSPS) is 34.0. The van der Waals surface area contributed by atoms with Crippen molar-refractivity contribution in [1.29, 1.82) is 0 Å². The molecule has 0 amide bonds. The van der Waals surface area contributed by atoms with Gasteiger partial charge in [0.25, 0.3) is 0 Å². The van der Waals surface area contributed by atoms with Crippen LogP contribution in [0.3, 0.4) is 0 Å². The van der Waals surface area contributed by atoms with Crippen molar-refractivity contribution >= 4 is 11.4 Å². The third-order valence-electron chi connectivity index (χ3n) is 15.2. The van der Waals surface area contributed by atoms with E-state index in [1.807, 2.05) is 0 Å². The second-order valence-corrected chi connectivity index (χ2v) is 16.5. The van der Waals surface area contributed by atoms with Crippen LogP contribution in [-0.2, 0) is 0 Å². The predicted molar refractivity (Wildman–Crippen MR) is 179 cm³/mol. The summed E-state index contributed by atoms with van der Waals surface area (Å²) < 4.78 is 2.49. The molecule has 0 aromatic carbocycles. The molecule has 0 unspecified atom stereocenters. The molecule has 0 heterocycles. The van der Waals surface area contributed by atoms with Gasteiger partial charge in [-0.2, -0.15) is 0 Å². The Balaban J connectivity index is 1.23. The van der Waals surface area contributed by atoms with Crippen LogP contribution in [-0.4, -0.2) is 85.8 Å². The third kappa shape index (κ3) is 5.76. The second-order valence-electron chi connectivity index (χ2n) is 16.5. The summed E-state index contributed by atoms with van der Waals surface area (Å²) in [7, 11) is 0. The molecule has 0 N–H and O–H groups in total. The van der Waals surface area contributed by atoms with E-state index in [0.717, 1.165) is 24.9 Å². The number of nitrogens with zero attached hydrogens (tertiary/aromatic N) is 4. The van der Waals surface area contributed by atoms with E-state index >= 15 is 0 Å². The zero-order valence-corrected chi connectivity index (χ0v) is 29.4. The minimum atomic E-state index is 0.353. The van der Waals surface area contributed by atoms with E-state index in [-0.39, 0.29) is 0 Å². The molecular formula is C37H70N4+2. The van der Waals surface area contributed by atoms with Gasteiger partial charge in [-0.15, -0.1) is 0 Å². The first-order valence-corrected chi connectivity index (χ1v) is 18.1. The fourth-order valence-corrected chi connectivity index (χ4v) is 10.1. The molecule has 4 bridgehead atoms. The van der Waals surface area contributed by atoms with Crippen LogP contribution in [0.5, 0.6) is 0 Å². The molecule has 4 aliphatic carbocycles. The zero-order valence-electron chi connectivity index (χ0n) is 29.4. The van der Waals surface area contributed by atoms with Crippen molar-refractivity contribution in [3.8, 4) is 0 Å². The van der Waals surface area contributed by atoms with Gasteiger partial charge in [0, 0.05) is 22.3 Å². The first kappa shape index (κ1) is 33.2. The lowest BCUT2D eigenvalue weighted by molar-refractivity contribution is -0.925. The molecule has 4 atom stereocenters. The Bertz CT molecular complexity index is 876. The number of fused-ring (bicyclic) bond motifs is 4. The Morgan fingerprint density at radius 2 is 0.927 bits per heavy atom. The van der Waals surface area contributed by atoms with Gasteiger partial charge in [-0.1, -0.05) is 41.5 Å². The fraction of sp³-hybridized carbons (Fsp3) is 0.946. The Morgan fingerprint density at radius 1 is 0.561 bits per heavy atom. The first-order chi connectivity index (χ1) is 19.3. The summed E-state index contributed by atoms with van der Waals surface area (Å²) >= 11 is 0. The lowest BCUT2D eigenvalue weighted by atomic mass is 9.70. The number of aliphatic imine (C=N–C) groups is 2. The van der Waals surface area contributed by atoms with Gasteiger partial charge in [-0.3, -0.25) is 9.98 Å². The number of likely N-dealkylation sites (N-methyl/N-ethyl adjacent to an activating group) is 2. The SMILES string of the molecule is CC[N+](CC)(CCCCC[N+](CC)(CC)CCN=C1C[C@H]2CC[C@]1(C)C2(C)C)CCN=C1C[C@H]2CC[C@]1(C)C2(C)C. The summed E-state index contributed by atoms with van der Waals surface area (Å²) in [5, 5.41) is 0. The van der Waals surface area contributed by atoms with Gasteiger partial charge in [0.1, 0.15) is 0 Å². The van der Waals surface area contributed by atoms with Crippen LogP contribution in [0.15, 0.2) is 9.98 Å². The van der Waals surface area contributed by atoms with Crippen LogP contribution in [0.2, 0.25) is 0 Å². The molecule has 4 saturated carbocycles. The summed E-state index contributed by atoms with van der Waals surface area (Å²) in [5.41, 5.74) is 4.70. The second kappa shape index (κ2) is 12.3. The molecule has 0 aliphatic heterocycles. The molecule has 0 radical (unpaired) electrons. The Kier molecular flexibility index (Phi) is 9.98. The Morgan fingerprint density at radius 3 is 1.20 bits per heavy atom. The van der Waals surface area contributed by atoms with Crippen molar-refractivity contribution in [2.45, 2.75) is 127 Å². The van der Waals surface area contributed by atoms with Gasteiger partial charge >= 0.3 is 0 Å². The van der Waals surface area contributed by atoms with Gasteiger partial charge in [0.2, 0.25) is 0 Å². The molecule has 236 valence electrons. The van der Waals surface area contributed by atoms with Crippen LogP contribution >= 0.6 is 0 Å². The minimum absolute atomic E-state index is 0.353. The monoisotopic (exact) mass is 571 g/mol. The van der Waals surface area contributed by atoms with E-state index in [9.17, 15) is 0 Å². The number of hydrogen-bond acceptors (Lipinski definition) is 2. The molecule has 4 rings (SSSR count). The molecule has 4 nitrogen and oxygen atoms in total. The van der Waals surface area contributed by atoms with Crippen molar-refractivity contribution < 1.29 is 8.97 Å². The molecule has 41 heavy (non-hydrogen) atoms. The van der Waals surface area contributed by atoms with Gasteiger partial charge in [-0.25, -0.2) is 0 Å². The maximum atomic E-state index is 5.32.